The van der Waals surface area contributed by atoms with Crippen molar-refractivity contribution >= 4 is 5.91 Å². The van der Waals surface area contributed by atoms with Crippen LogP contribution in [0.1, 0.15) is 18.9 Å². The first-order valence-electron chi connectivity index (χ1n) is 6.25. The molecule has 1 saturated heterocycles. The van der Waals surface area contributed by atoms with Gasteiger partial charge < -0.3 is 10.4 Å². The van der Waals surface area contributed by atoms with Crippen LogP contribution in [0.2, 0.25) is 0 Å². The maximum absolute atomic E-state index is 11.9. The minimum atomic E-state index is -0.463. The molecule has 0 spiro atoms. The van der Waals surface area contributed by atoms with Gasteiger partial charge in [0.2, 0.25) is 5.91 Å². The molecule has 0 radical (unpaired) electrons. The number of nitrogens with zero attached hydrogens (tertiary/aromatic N) is 2. The van der Waals surface area contributed by atoms with Crippen molar-refractivity contribution in [2.45, 2.75) is 32.0 Å². The molecule has 2 heterocycles. The monoisotopic (exact) mass is 249 g/mol. The number of rotatable bonds is 3. The molecule has 2 unspecified atom stereocenters. The second kappa shape index (κ2) is 5.93. The van der Waals surface area contributed by atoms with Crippen LogP contribution in [0.15, 0.2) is 24.5 Å². The van der Waals surface area contributed by atoms with E-state index in [4.69, 9.17) is 0 Å². The summed E-state index contributed by atoms with van der Waals surface area (Å²) >= 11 is 0. The second-order valence-corrected chi connectivity index (χ2v) is 4.73. The fourth-order valence-electron chi connectivity index (χ4n) is 2.21. The minimum absolute atomic E-state index is 0.0913. The predicted octanol–water partition coefficient (Wildman–Crippen LogP) is 0.153. The molecule has 0 aliphatic carbocycles. The Morgan fingerprint density at radius 3 is 3.11 bits per heavy atom. The first-order chi connectivity index (χ1) is 8.70. The molecular formula is C13H19N3O2. The summed E-state index contributed by atoms with van der Waals surface area (Å²) < 4.78 is 0. The molecule has 5 heteroatoms. The van der Waals surface area contributed by atoms with E-state index in [1.54, 1.807) is 12.4 Å². The smallest absolute Gasteiger partial charge is 0.239 e. The van der Waals surface area contributed by atoms with Gasteiger partial charge in [0, 0.05) is 31.5 Å². The van der Waals surface area contributed by atoms with Crippen molar-refractivity contribution < 1.29 is 9.90 Å². The molecule has 1 aromatic rings. The van der Waals surface area contributed by atoms with Gasteiger partial charge in [-0.2, -0.15) is 0 Å². The summed E-state index contributed by atoms with van der Waals surface area (Å²) in [5.41, 5.74) is 1.05. The molecule has 5 nitrogen and oxygen atoms in total. The summed E-state index contributed by atoms with van der Waals surface area (Å²) in [6.07, 6.45) is 4.41. The highest BCUT2D eigenvalue weighted by Gasteiger charge is 2.29. The molecule has 1 amide bonds. The third kappa shape index (κ3) is 3.05. The zero-order chi connectivity index (χ0) is 13.0. The predicted molar refractivity (Wildman–Crippen MR) is 67.7 cm³/mol. The Balaban J connectivity index is 2.11. The average Bonchev–Trinajstić information content (AvgIpc) is 2.50. The summed E-state index contributed by atoms with van der Waals surface area (Å²) in [6, 6.07) is 3.55. The van der Waals surface area contributed by atoms with E-state index < -0.39 is 6.04 Å². The van der Waals surface area contributed by atoms with Gasteiger partial charge in [-0.15, -0.1) is 0 Å². The molecule has 0 aromatic carbocycles. The summed E-state index contributed by atoms with van der Waals surface area (Å²) in [5.74, 6) is -0.0913. The number of aliphatic hydroxyl groups is 1. The van der Waals surface area contributed by atoms with Crippen LogP contribution in [0.3, 0.4) is 0 Å². The largest absolute Gasteiger partial charge is 0.394 e. The lowest BCUT2D eigenvalue weighted by atomic mass is 10.2. The van der Waals surface area contributed by atoms with Gasteiger partial charge in [-0.25, -0.2) is 0 Å². The normalized spacial score (nSPS) is 25.6. The lowest BCUT2D eigenvalue weighted by Gasteiger charge is -2.26. The Hall–Kier alpha value is -1.46. The number of hydrogen-bond donors (Lipinski definition) is 2. The second-order valence-electron chi connectivity index (χ2n) is 4.73. The number of pyridine rings is 1. The van der Waals surface area contributed by atoms with E-state index in [1.807, 2.05) is 24.0 Å². The van der Waals surface area contributed by atoms with Crippen LogP contribution < -0.4 is 5.32 Å². The van der Waals surface area contributed by atoms with Gasteiger partial charge in [0.05, 0.1) is 6.61 Å². The van der Waals surface area contributed by atoms with E-state index in [2.05, 4.69) is 10.3 Å². The van der Waals surface area contributed by atoms with Crippen LogP contribution in [0.25, 0.3) is 0 Å². The van der Waals surface area contributed by atoms with Gasteiger partial charge in [-0.1, -0.05) is 6.07 Å². The number of hydrogen-bond acceptors (Lipinski definition) is 4. The van der Waals surface area contributed by atoms with E-state index in [0.717, 1.165) is 18.5 Å². The van der Waals surface area contributed by atoms with Crippen molar-refractivity contribution in [3.63, 3.8) is 0 Å². The summed E-state index contributed by atoms with van der Waals surface area (Å²) in [6.45, 7) is 3.26. The van der Waals surface area contributed by atoms with Gasteiger partial charge in [0.15, 0.2) is 0 Å². The van der Waals surface area contributed by atoms with E-state index in [0.29, 0.717) is 6.54 Å². The number of aliphatic hydroxyl groups excluding tert-OH is 1. The van der Waals surface area contributed by atoms with Crippen molar-refractivity contribution in [2.24, 2.45) is 0 Å². The molecule has 1 fully saturated rings. The first-order valence-corrected chi connectivity index (χ1v) is 6.25. The number of carbonyl (C=O) groups is 1. The molecule has 1 aliphatic heterocycles. The Kier molecular flexibility index (Phi) is 4.28. The molecule has 2 atom stereocenters. The fourth-order valence-corrected chi connectivity index (χ4v) is 2.21. The van der Waals surface area contributed by atoms with Crippen molar-refractivity contribution in [2.75, 3.05) is 13.2 Å². The first kappa shape index (κ1) is 13.0. The highest BCUT2D eigenvalue weighted by molar-refractivity contribution is 5.82. The van der Waals surface area contributed by atoms with Crippen LogP contribution in [-0.2, 0) is 11.3 Å². The average molecular weight is 249 g/mol. The molecule has 2 N–H and O–H groups in total. The Bertz CT molecular complexity index is 396. The van der Waals surface area contributed by atoms with Crippen molar-refractivity contribution in [1.29, 1.82) is 0 Å². The van der Waals surface area contributed by atoms with Crippen molar-refractivity contribution in [3.8, 4) is 0 Å². The molecule has 1 aromatic heterocycles. The number of carbonyl (C=O) groups excluding carboxylic acids is 1. The molecule has 0 bridgehead atoms. The van der Waals surface area contributed by atoms with E-state index in [9.17, 15) is 9.90 Å². The quantitative estimate of drug-likeness (QED) is 0.800. The van der Waals surface area contributed by atoms with Gasteiger partial charge in [-0.3, -0.25) is 14.7 Å². The van der Waals surface area contributed by atoms with Crippen LogP contribution in [0.5, 0.6) is 0 Å². The van der Waals surface area contributed by atoms with Gasteiger partial charge in [0.1, 0.15) is 6.04 Å². The SMILES string of the molecule is CC1CCN(Cc2cccnc2)C(CO)C(=O)N1. The topological polar surface area (TPSA) is 65.5 Å². The van der Waals surface area contributed by atoms with E-state index >= 15 is 0 Å². The number of amides is 1. The molecular weight excluding hydrogens is 230 g/mol. The van der Waals surface area contributed by atoms with Gasteiger partial charge >= 0.3 is 0 Å². The third-order valence-electron chi connectivity index (χ3n) is 3.26. The zero-order valence-electron chi connectivity index (χ0n) is 10.5. The van der Waals surface area contributed by atoms with Gasteiger partial charge in [0.25, 0.3) is 0 Å². The lowest BCUT2D eigenvalue weighted by Crippen LogP contribution is -2.47. The van der Waals surface area contributed by atoms with E-state index in [1.165, 1.54) is 0 Å². The third-order valence-corrected chi connectivity index (χ3v) is 3.26. The zero-order valence-corrected chi connectivity index (χ0v) is 10.5. The molecule has 18 heavy (non-hydrogen) atoms. The van der Waals surface area contributed by atoms with Crippen molar-refractivity contribution in [1.82, 2.24) is 15.2 Å². The molecule has 98 valence electrons. The number of aromatic nitrogens is 1. The maximum Gasteiger partial charge on any atom is 0.239 e. The summed E-state index contributed by atoms with van der Waals surface area (Å²) in [5, 5.41) is 12.3. The van der Waals surface area contributed by atoms with Crippen LogP contribution in [0, 0.1) is 0 Å². The molecule has 0 saturated carbocycles. The maximum atomic E-state index is 11.9. The minimum Gasteiger partial charge on any atom is -0.394 e. The van der Waals surface area contributed by atoms with Crippen molar-refractivity contribution in [3.05, 3.63) is 30.1 Å². The standard InChI is InChI=1S/C13H19N3O2/c1-10-4-6-16(12(9-17)13(18)15-10)8-11-3-2-5-14-7-11/h2-3,5,7,10,12,17H,4,6,8-9H2,1H3,(H,15,18). The molecule has 1 aliphatic rings. The van der Waals surface area contributed by atoms with Crippen LogP contribution in [-0.4, -0.2) is 46.1 Å². The fraction of sp³-hybridized carbons (Fsp3) is 0.538. The van der Waals surface area contributed by atoms with E-state index in [-0.39, 0.29) is 18.6 Å². The Morgan fingerprint density at radius 2 is 2.44 bits per heavy atom. The Labute approximate surface area is 107 Å². The number of nitrogens with one attached hydrogen (secondary N) is 1. The Morgan fingerprint density at radius 1 is 1.61 bits per heavy atom. The van der Waals surface area contributed by atoms with Gasteiger partial charge in [-0.05, 0) is 25.0 Å². The van der Waals surface area contributed by atoms with Crippen LogP contribution >= 0.6 is 0 Å². The summed E-state index contributed by atoms with van der Waals surface area (Å²) in [7, 11) is 0. The lowest BCUT2D eigenvalue weighted by molar-refractivity contribution is -0.127. The highest BCUT2D eigenvalue weighted by Crippen LogP contribution is 2.12. The summed E-state index contributed by atoms with van der Waals surface area (Å²) in [4.78, 5) is 18.0. The van der Waals surface area contributed by atoms with Crippen LogP contribution in [0.4, 0.5) is 0 Å². The highest BCUT2D eigenvalue weighted by atomic mass is 16.3. The molecule has 2 rings (SSSR count).